The predicted molar refractivity (Wildman–Crippen MR) is 106 cm³/mol. The molecule has 0 bridgehead atoms. The molecule has 3 aliphatic heterocycles. The third-order valence-electron chi connectivity index (χ3n) is 6.09. The van der Waals surface area contributed by atoms with Crippen molar-refractivity contribution in [1.29, 1.82) is 5.26 Å². The number of amides is 1. The zero-order valence-electron chi connectivity index (χ0n) is 16.0. The van der Waals surface area contributed by atoms with Gasteiger partial charge in [0.1, 0.15) is 11.9 Å². The van der Waals surface area contributed by atoms with Crippen molar-refractivity contribution in [1.82, 2.24) is 4.90 Å². The molecule has 3 aliphatic rings. The molecule has 0 saturated carbocycles. The molecule has 0 radical (unpaired) electrons. The summed E-state index contributed by atoms with van der Waals surface area (Å²) in [5, 5.41) is 9.23. The highest BCUT2D eigenvalue weighted by Crippen LogP contribution is 2.51. The van der Waals surface area contributed by atoms with Crippen LogP contribution >= 0.6 is 0 Å². The Kier molecular flexibility index (Phi) is 3.86. The van der Waals surface area contributed by atoms with Gasteiger partial charge in [0, 0.05) is 19.0 Å². The lowest BCUT2D eigenvalue weighted by atomic mass is 9.71. The molecule has 2 N–H and O–H groups in total. The van der Waals surface area contributed by atoms with Crippen LogP contribution in [0.1, 0.15) is 17.5 Å². The largest absolute Gasteiger partial charge is 0.489 e. The van der Waals surface area contributed by atoms with E-state index in [-0.39, 0.29) is 23.9 Å². The number of carbonyl (C=O) groups is 1. The van der Waals surface area contributed by atoms with Crippen molar-refractivity contribution in [2.24, 2.45) is 16.6 Å². The maximum absolute atomic E-state index is 13.4. The number of likely N-dealkylation sites (N-methyl/N-ethyl adjacent to an activating group) is 1. The van der Waals surface area contributed by atoms with Crippen LogP contribution in [0.15, 0.2) is 47.5 Å². The highest BCUT2D eigenvalue weighted by Gasteiger charge is 2.60. The molecule has 1 fully saturated rings. The van der Waals surface area contributed by atoms with Gasteiger partial charge in [0.05, 0.1) is 30.8 Å². The van der Waals surface area contributed by atoms with Crippen LogP contribution in [0.5, 0.6) is 5.75 Å². The molecule has 0 unspecified atom stereocenters. The Morgan fingerprint density at radius 3 is 2.86 bits per heavy atom. The summed E-state index contributed by atoms with van der Waals surface area (Å²) in [4.78, 5) is 19.5. The second-order valence-corrected chi connectivity index (χ2v) is 7.63. The Morgan fingerprint density at radius 2 is 2.10 bits per heavy atom. The topological polar surface area (TPSA) is 101 Å². The highest BCUT2D eigenvalue weighted by atomic mass is 16.5. The molecule has 1 spiro atoms. The van der Waals surface area contributed by atoms with Gasteiger partial charge in [-0.2, -0.15) is 5.26 Å². The fourth-order valence-electron chi connectivity index (χ4n) is 4.57. The number of nitriles is 1. The molecular weight excluding hydrogens is 368 g/mol. The van der Waals surface area contributed by atoms with Crippen molar-refractivity contribution in [2.45, 2.75) is 18.1 Å². The van der Waals surface area contributed by atoms with Gasteiger partial charge in [0.2, 0.25) is 0 Å². The number of aliphatic imine (C=N–C) groups is 1. The van der Waals surface area contributed by atoms with E-state index in [0.29, 0.717) is 36.5 Å². The van der Waals surface area contributed by atoms with E-state index in [9.17, 15) is 10.1 Å². The van der Waals surface area contributed by atoms with Crippen LogP contribution in [0.25, 0.3) is 11.1 Å². The van der Waals surface area contributed by atoms with E-state index >= 15 is 0 Å². The maximum Gasteiger partial charge on any atom is 0.262 e. The van der Waals surface area contributed by atoms with Crippen molar-refractivity contribution < 1.29 is 14.3 Å². The fourth-order valence-corrected chi connectivity index (χ4v) is 4.57. The Hall–Kier alpha value is -3.37. The normalized spacial score (nSPS) is 27.7. The molecule has 1 amide bonds. The number of carbonyl (C=O) groups excluding carboxylic acids is 1. The van der Waals surface area contributed by atoms with Crippen molar-refractivity contribution >= 4 is 11.9 Å². The Morgan fingerprint density at radius 1 is 1.28 bits per heavy atom. The second kappa shape index (κ2) is 6.33. The van der Waals surface area contributed by atoms with E-state index in [1.165, 1.54) is 4.90 Å². The molecule has 5 rings (SSSR count). The van der Waals surface area contributed by atoms with Gasteiger partial charge in [-0.3, -0.25) is 9.69 Å². The molecule has 3 atom stereocenters. The molecule has 7 heteroatoms. The molecule has 2 aromatic rings. The fraction of sp³-hybridized carbons (Fsp3) is 0.318. The number of guanidine groups is 1. The third kappa shape index (κ3) is 2.46. The van der Waals surface area contributed by atoms with Crippen LogP contribution in [0.3, 0.4) is 0 Å². The third-order valence-corrected chi connectivity index (χ3v) is 6.09. The number of fused-ring (bicyclic) bond motifs is 4. The van der Waals surface area contributed by atoms with Gasteiger partial charge in [0.25, 0.3) is 5.91 Å². The summed E-state index contributed by atoms with van der Waals surface area (Å²) in [6.45, 7) is 0.976. The van der Waals surface area contributed by atoms with Crippen LogP contribution in [0.2, 0.25) is 0 Å². The van der Waals surface area contributed by atoms with Crippen molar-refractivity contribution in [3.63, 3.8) is 0 Å². The average molecular weight is 388 g/mol. The van der Waals surface area contributed by atoms with E-state index < -0.39 is 5.54 Å². The molecule has 1 saturated heterocycles. The number of hydrogen-bond acceptors (Lipinski definition) is 6. The number of rotatable bonds is 1. The molecule has 7 nitrogen and oxygen atoms in total. The molecule has 0 aliphatic carbocycles. The Balaban J connectivity index is 1.72. The minimum Gasteiger partial charge on any atom is -0.489 e. The van der Waals surface area contributed by atoms with E-state index in [4.69, 9.17) is 20.2 Å². The van der Waals surface area contributed by atoms with E-state index in [1.54, 1.807) is 13.1 Å². The van der Waals surface area contributed by atoms with Gasteiger partial charge in [-0.1, -0.05) is 18.2 Å². The minimum atomic E-state index is -1.15. The van der Waals surface area contributed by atoms with Crippen molar-refractivity contribution in [3.8, 4) is 22.9 Å². The van der Waals surface area contributed by atoms with Gasteiger partial charge >= 0.3 is 0 Å². The maximum atomic E-state index is 13.4. The van der Waals surface area contributed by atoms with Gasteiger partial charge in [-0.05, 0) is 35.4 Å². The number of nitrogens with two attached hydrogens (primary N) is 1. The molecule has 2 aromatic carbocycles. The SMILES string of the molecule is CN1C(=O)[C@]2(N=C1N)c1cc(-c3cccc(C#N)c3)ccc1O[C@@H]1CCOC[C@H]12. The standard InChI is InChI=1S/C22H20N4O3/c1-26-20(27)22(25-21(26)24)16-10-15(14-4-2-3-13(9-14)11-23)5-6-18(16)29-19-7-8-28-12-17(19)22/h2-6,9-10,17,19H,7-8,12H2,1H3,(H2,24,25)/t17-,19-,22+/m1/s1. The molecule has 3 heterocycles. The van der Waals surface area contributed by atoms with E-state index in [0.717, 1.165) is 11.1 Å². The van der Waals surface area contributed by atoms with Crippen LogP contribution in [0.4, 0.5) is 0 Å². The molecular formula is C22H20N4O3. The lowest BCUT2D eigenvalue weighted by Gasteiger charge is -2.45. The number of nitrogens with zero attached hydrogens (tertiary/aromatic N) is 3. The lowest BCUT2D eigenvalue weighted by Crippen LogP contribution is -2.56. The minimum absolute atomic E-state index is 0.156. The first-order chi connectivity index (χ1) is 14.0. The molecule has 29 heavy (non-hydrogen) atoms. The van der Waals surface area contributed by atoms with E-state index in [2.05, 4.69) is 6.07 Å². The van der Waals surface area contributed by atoms with E-state index in [1.807, 2.05) is 36.4 Å². The summed E-state index contributed by atoms with van der Waals surface area (Å²) < 4.78 is 12.0. The smallest absolute Gasteiger partial charge is 0.262 e. The van der Waals surface area contributed by atoms with Crippen molar-refractivity contribution in [2.75, 3.05) is 20.3 Å². The lowest BCUT2D eigenvalue weighted by molar-refractivity contribution is -0.141. The Labute approximate surface area is 168 Å². The van der Waals surface area contributed by atoms with Crippen LogP contribution in [0, 0.1) is 17.2 Å². The quantitative estimate of drug-likeness (QED) is 0.805. The average Bonchev–Trinajstić information content (AvgIpc) is 2.98. The van der Waals surface area contributed by atoms with Crippen LogP contribution < -0.4 is 10.5 Å². The first-order valence-corrected chi connectivity index (χ1v) is 9.57. The summed E-state index contributed by atoms with van der Waals surface area (Å²) in [7, 11) is 1.64. The van der Waals surface area contributed by atoms with Crippen LogP contribution in [-0.2, 0) is 15.1 Å². The summed E-state index contributed by atoms with van der Waals surface area (Å²) >= 11 is 0. The summed E-state index contributed by atoms with van der Waals surface area (Å²) in [5.41, 5.74) is 7.97. The zero-order valence-corrected chi connectivity index (χ0v) is 16.0. The summed E-state index contributed by atoms with van der Waals surface area (Å²) in [6, 6.07) is 15.3. The number of ether oxygens (including phenoxy) is 2. The van der Waals surface area contributed by atoms with Crippen LogP contribution in [-0.4, -0.2) is 43.1 Å². The summed E-state index contributed by atoms with van der Waals surface area (Å²) in [6.07, 6.45) is 0.542. The molecule has 146 valence electrons. The zero-order chi connectivity index (χ0) is 20.2. The van der Waals surface area contributed by atoms with Gasteiger partial charge in [-0.15, -0.1) is 0 Å². The van der Waals surface area contributed by atoms with Gasteiger partial charge < -0.3 is 15.2 Å². The molecule has 0 aromatic heterocycles. The second-order valence-electron chi connectivity index (χ2n) is 7.63. The first kappa shape index (κ1) is 17.7. The van der Waals surface area contributed by atoms with Gasteiger partial charge in [0.15, 0.2) is 11.5 Å². The Bertz CT molecular complexity index is 1090. The highest BCUT2D eigenvalue weighted by molar-refractivity contribution is 6.07. The van der Waals surface area contributed by atoms with Gasteiger partial charge in [-0.25, -0.2) is 4.99 Å². The first-order valence-electron chi connectivity index (χ1n) is 9.57. The monoisotopic (exact) mass is 388 g/mol. The number of benzene rings is 2. The van der Waals surface area contributed by atoms with Crippen molar-refractivity contribution in [3.05, 3.63) is 53.6 Å². The predicted octanol–water partition coefficient (Wildman–Crippen LogP) is 2.00. The summed E-state index contributed by atoms with van der Waals surface area (Å²) in [5.74, 6) is 0.431. The number of hydrogen-bond donors (Lipinski definition) is 1.